The van der Waals surface area contributed by atoms with Crippen LogP contribution < -0.4 is 0 Å². The zero-order chi connectivity index (χ0) is 11.5. The van der Waals surface area contributed by atoms with Crippen molar-refractivity contribution in [1.29, 1.82) is 0 Å². The van der Waals surface area contributed by atoms with Gasteiger partial charge in [0.1, 0.15) is 5.60 Å². The molecule has 15 heavy (non-hydrogen) atoms. The molecule has 1 aliphatic rings. The van der Waals surface area contributed by atoms with E-state index in [0.717, 1.165) is 19.5 Å². The molecule has 0 N–H and O–H groups in total. The van der Waals surface area contributed by atoms with Gasteiger partial charge in [0.2, 0.25) is 0 Å². The predicted molar refractivity (Wildman–Crippen MR) is 60.3 cm³/mol. The summed E-state index contributed by atoms with van der Waals surface area (Å²) >= 11 is 0. The molecule has 0 radical (unpaired) electrons. The molecule has 0 spiro atoms. The molecule has 1 rings (SSSR count). The maximum absolute atomic E-state index is 11.5. The van der Waals surface area contributed by atoms with Crippen molar-refractivity contribution in [3.8, 4) is 0 Å². The summed E-state index contributed by atoms with van der Waals surface area (Å²) in [4.78, 5) is 17.2. The van der Waals surface area contributed by atoms with Crippen molar-refractivity contribution in [3.63, 3.8) is 0 Å². The number of ether oxygens (including phenoxy) is 1. The average molecular weight is 212 g/mol. The van der Waals surface area contributed by atoms with Gasteiger partial charge in [-0.3, -0.25) is 0 Å². The summed E-state index contributed by atoms with van der Waals surface area (Å²) in [7, 11) is 1.77. The van der Waals surface area contributed by atoms with Crippen LogP contribution in [0.2, 0.25) is 0 Å². The molecule has 86 valence electrons. The molecule has 4 heteroatoms. The fourth-order valence-corrected chi connectivity index (χ4v) is 1.45. The topological polar surface area (TPSA) is 41.9 Å². The third kappa shape index (κ3) is 3.90. The number of carbonyl (C=O) groups excluding carboxylic acids is 1. The number of hydrogen-bond donors (Lipinski definition) is 0. The zero-order valence-electron chi connectivity index (χ0n) is 9.99. The molecule has 0 aromatic heterocycles. The van der Waals surface area contributed by atoms with Crippen LogP contribution in [-0.4, -0.2) is 42.9 Å². The molecule has 1 saturated heterocycles. The molecular weight excluding hydrogens is 192 g/mol. The fourth-order valence-electron chi connectivity index (χ4n) is 1.45. The van der Waals surface area contributed by atoms with Crippen molar-refractivity contribution < 1.29 is 9.53 Å². The summed E-state index contributed by atoms with van der Waals surface area (Å²) in [5.74, 6) is 0.557. The van der Waals surface area contributed by atoms with E-state index in [0.29, 0.717) is 5.92 Å². The first-order valence-electron chi connectivity index (χ1n) is 5.31. The zero-order valence-corrected chi connectivity index (χ0v) is 9.99. The van der Waals surface area contributed by atoms with Gasteiger partial charge in [-0.15, -0.1) is 0 Å². The highest BCUT2D eigenvalue weighted by Crippen LogP contribution is 2.21. The Balaban J connectivity index is 2.24. The van der Waals surface area contributed by atoms with Crippen LogP contribution in [0, 0.1) is 5.92 Å². The van der Waals surface area contributed by atoms with Crippen LogP contribution >= 0.6 is 0 Å². The maximum atomic E-state index is 11.5. The van der Waals surface area contributed by atoms with Gasteiger partial charge in [0.05, 0.1) is 0 Å². The lowest BCUT2D eigenvalue weighted by Crippen LogP contribution is -2.51. The highest BCUT2D eigenvalue weighted by molar-refractivity contribution is 5.69. The van der Waals surface area contributed by atoms with E-state index in [4.69, 9.17) is 4.74 Å². The first kappa shape index (κ1) is 12.0. The van der Waals surface area contributed by atoms with Gasteiger partial charge in [-0.1, -0.05) is 0 Å². The van der Waals surface area contributed by atoms with Crippen LogP contribution in [-0.2, 0) is 4.74 Å². The number of carbonyl (C=O) groups is 1. The van der Waals surface area contributed by atoms with Gasteiger partial charge in [-0.25, -0.2) is 4.79 Å². The summed E-state index contributed by atoms with van der Waals surface area (Å²) in [6.07, 6.45) is 2.65. The largest absolute Gasteiger partial charge is 0.444 e. The van der Waals surface area contributed by atoms with Gasteiger partial charge in [-0.05, 0) is 39.3 Å². The van der Waals surface area contributed by atoms with E-state index in [1.54, 1.807) is 11.9 Å². The molecule has 0 unspecified atom stereocenters. The average Bonchev–Trinajstić information content (AvgIpc) is 1.98. The van der Waals surface area contributed by atoms with Crippen LogP contribution in [0.4, 0.5) is 4.79 Å². The minimum absolute atomic E-state index is 0.202. The SMILES string of the molecule is C/N=C\CC1CN(C(=O)OC(C)(C)C)C1. The smallest absolute Gasteiger partial charge is 0.410 e. The second-order valence-corrected chi connectivity index (χ2v) is 4.93. The second kappa shape index (κ2) is 4.64. The van der Waals surface area contributed by atoms with E-state index in [1.165, 1.54) is 0 Å². The quantitative estimate of drug-likeness (QED) is 0.656. The Labute approximate surface area is 91.3 Å². The predicted octanol–water partition coefficient (Wildman–Crippen LogP) is 1.94. The van der Waals surface area contributed by atoms with E-state index in [2.05, 4.69) is 4.99 Å². The lowest BCUT2D eigenvalue weighted by Gasteiger charge is -2.39. The van der Waals surface area contributed by atoms with E-state index in [1.807, 2.05) is 27.0 Å². The van der Waals surface area contributed by atoms with Gasteiger partial charge >= 0.3 is 6.09 Å². The van der Waals surface area contributed by atoms with Gasteiger partial charge in [0, 0.05) is 20.1 Å². The molecule has 0 bridgehead atoms. The van der Waals surface area contributed by atoms with Crippen molar-refractivity contribution in [2.24, 2.45) is 10.9 Å². The fraction of sp³-hybridized carbons (Fsp3) is 0.818. The summed E-state index contributed by atoms with van der Waals surface area (Å²) in [5, 5.41) is 0. The Kier molecular flexibility index (Phi) is 3.72. The Bertz CT molecular complexity index is 250. The minimum Gasteiger partial charge on any atom is -0.444 e. The molecule has 0 aromatic rings. The van der Waals surface area contributed by atoms with Gasteiger partial charge in [-0.2, -0.15) is 0 Å². The number of hydrogen-bond acceptors (Lipinski definition) is 3. The van der Waals surface area contributed by atoms with Crippen LogP contribution in [0.25, 0.3) is 0 Å². The Morgan fingerprint density at radius 2 is 2.13 bits per heavy atom. The number of nitrogens with zero attached hydrogens (tertiary/aromatic N) is 2. The third-order valence-corrected chi connectivity index (χ3v) is 2.23. The van der Waals surface area contributed by atoms with Crippen molar-refractivity contribution in [2.75, 3.05) is 20.1 Å². The van der Waals surface area contributed by atoms with Gasteiger partial charge in [0.25, 0.3) is 0 Å². The lowest BCUT2D eigenvalue weighted by atomic mass is 9.98. The summed E-state index contributed by atoms with van der Waals surface area (Å²) < 4.78 is 5.25. The molecular formula is C11H20N2O2. The van der Waals surface area contributed by atoms with E-state index < -0.39 is 5.60 Å². The van der Waals surface area contributed by atoms with Crippen molar-refractivity contribution >= 4 is 12.3 Å². The standard InChI is InChI=1S/C11H20N2O2/c1-11(2,3)15-10(14)13-7-9(8-13)5-6-12-4/h6,9H,5,7-8H2,1-4H3/b12-6-. The molecule has 0 aromatic carbocycles. The molecule has 0 aliphatic carbocycles. The Morgan fingerprint density at radius 3 is 2.60 bits per heavy atom. The molecule has 0 saturated carbocycles. The van der Waals surface area contributed by atoms with Crippen molar-refractivity contribution in [2.45, 2.75) is 32.8 Å². The minimum atomic E-state index is -0.396. The number of rotatable bonds is 2. The van der Waals surface area contributed by atoms with Crippen LogP contribution in [0.3, 0.4) is 0 Å². The molecule has 0 atom stereocenters. The summed E-state index contributed by atoms with van der Waals surface area (Å²) in [6, 6.07) is 0. The highest BCUT2D eigenvalue weighted by atomic mass is 16.6. The first-order valence-corrected chi connectivity index (χ1v) is 5.31. The van der Waals surface area contributed by atoms with E-state index in [-0.39, 0.29) is 6.09 Å². The van der Waals surface area contributed by atoms with Crippen LogP contribution in [0.5, 0.6) is 0 Å². The van der Waals surface area contributed by atoms with Gasteiger partial charge in [0.15, 0.2) is 0 Å². The second-order valence-electron chi connectivity index (χ2n) is 4.93. The third-order valence-electron chi connectivity index (χ3n) is 2.23. The molecule has 1 fully saturated rings. The maximum Gasteiger partial charge on any atom is 0.410 e. The highest BCUT2D eigenvalue weighted by Gasteiger charge is 2.32. The normalized spacial score (nSPS) is 18.0. The molecule has 1 aliphatic heterocycles. The van der Waals surface area contributed by atoms with Crippen LogP contribution in [0.1, 0.15) is 27.2 Å². The van der Waals surface area contributed by atoms with Crippen molar-refractivity contribution in [3.05, 3.63) is 0 Å². The van der Waals surface area contributed by atoms with Crippen LogP contribution in [0.15, 0.2) is 4.99 Å². The van der Waals surface area contributed by atoms with Gasteiger partial charge < -0.3 is 14.6 Å². The van der Waals surface area contributed by atoms with Crippen molar-refractivity contribution in [1.82, 2.24) is 4.90 Å². The molecule has 4 nitrogen and oxygen atoms in total. The Hall–Kier alpha value is -1.06. The number of likely N-dealkylation sites (tertiary alicyclic amines) is 1. The molecule has 1 heterocycles. The number of amides is 1. The van der Waals surface area contributed by atoms with E-state index >= 15 is 0 Å². The number of aliphatic imine (C=N–C) groups is 1. The Morgan fingerprint density at radius 1 is 1.53 bits per heavy atom. The monoisotopic (exact) mass is 212 g/mol. The first-order chi connectivity index (χ1) is 6.92. The summed E-state index contributed by atoms with van der Waals surface area (Å²) in [6.45, 7) is 7.23. The van der Waals surface area contributed by atoms with E-state index in [9.17, 15) is 4.79 Å². The molecule has 1 amide bonds. The lowest BCUT2D eigenvalue weighted by molar-refractivity contribution is 0.000170. The summed E-state index contributed by atoms with van der Waals surface area (Å²) in [5.41, 5.74) is -0.396.